The predicted molar refractivity (Wildman–Crippen MR) is 128 cm³/mol. The normalized spacial score (nSPS) is 14.8. The lowest BCUT2D eigenvalue weighted by Crippen LogP contribution is -2.44. The number of anilines is 1. The number of amides is 2. The van der Waals surface area contributed by atoms with Crippen molar-refractivity contribution in [3.05, 3.63) is 24.3 Å². The van der Waals surface area contributed by atoms with Gasteiger partial charge in [0.15, 0.2) is 0 Å². The van der Waals surface area contributed by atoms with Crippen LogP contribution in [0.4, 0.5) is 5.13 Å². The van der Waals surface area contributed by atoms with Gasteiger partial charge in [-0.05, 0) is 42.5 Å². The average molecular weight is 459 g/mol. The Hall–Kier alpha value is -2.48. The molecular formula is C24H34N4O3S. The maximum absolute atomic E-state index is 13.0. The molecule has 0 spiro atoms. The van der Waals surface area contributed by atoms with E-state index in [0.29, 0.717) is 18.1 Å². The smallest absolute Gasteiger partial charge is 0.227 e. The van der Waals surface area contributed by atoms with E-state index in [1.54, 1.807) is 7.11 Å². The monoisotopic (exact) mass is 458 g/mol. The van der Waals surface area contributed by atoms with E-state index in [1.807, 2.05) is 29.2 Å². The van der Waals surface area contributed by atoms with Crippen molar-refractivity contribution < 1.29 is 14.3 Å². The van der Waals surface area contributed by atoms with Gasteiger partial charge in [-0.15, -0.1) is 10.2 Å². The maximum Gasteiger partial charge on any atom is 0.227 e. The van der Waals surface area contributed by atoms with Crippen LogP contribution in [0.2, 0.25) is 0 Å². The standard InChI is InChI=1S/C24H34N4O3S/c1-24(2,3)16-21(30)28(18-8-6-5-7-9-18)15-14-20(29)25-23-27-26-22(32-23)17-10-12-19(31-4)13-11-17/h10-13,18H,5-9,14-16H2,1-4H3,(H,25,27,29). The molecule has 0 atom stereocenters. The number of methoxy groups -OCH3 is 1. The molecule has 8 heteroatoms. The molecule has 0 bridgehead atoms. The van der Waals surface area contributed by atoms with Gasteiger partial charge in [0.25, 0.3) is 0 Å². The van der Waals surface area contributed by atoms with Crippen molar-refractivity contribution in [3.63, 3.8) is 0 Å². The van der Waals surface area contributed by atoms with Crippen LogP contribution in [0.25, 0.3) is 10.6 Å². The van der Waals surface area contributed by atoms with Gasteiger partial charge in [0.05, 0.1) is 7.11 Å². The van der Waals surface area contributed by atoms with E-state index in [0.717, 1.165) is 42.0 Å². The second-order valence-electron chi connectivity index (χ2n) is 9.56. The van der Waals surface area contributed by atoms with E-state index in [-0.39, 0.29) is 29.7 Å². The minimum atomic E-state index is -0.146. The van der Waals surface area contributed by atoms with Crippen molar-refractivity contribution in [2.24, 2.45) is 5.41 Å². The molecule has 1 aromatic carbocycles. The zero-order valence-corrected chi connectivity index (χ0v) is 20.3. The van der Waals surface area contributed by atoms with Gasteiger partial charge in [0, 0.05) is 31.0 Å². The van der Waals surface area contributed by atoms with E-state index >= 15 is 0 Å². The fourth-order valence-electron chi connectivity index (χ4n) is 3.99. The number of aromatic nitrogens is 2. The van der Waals surface area contributed by atoms with Gasteiger partial charge in [-0.1, -0.05) is 51.4 Å². The molecule has 3 rings (SSSR count). The first-order chi connectivity index (χ1) is 15.2. The summed E-state index contributed by atoms with van der Waals surface area (Å²) in [5.74, 6) is 0.775. The summed E-state index contributed by atoms with van der Waals surface area (Å²) < 4.78 is 5.18. The molecule has 2 aromatic rings. The SMILES string of the molecule is COc1ccc(-c2nnc(NC(=O)CCN(C(=O)CC(C)(C)C)C3CCCCC3)s2)cc1. The topological polar surface area (TPSA) is 84.4 Å². The molecule has 0 radical (unpaired) electrons. The molecule has 1 saturated carbocycles. The van der Waals surface area contributed by atoms with Crippen molar-refractivity contribution in [3.8, 4) is 16.3 Å². The number of hydrogen-bond acceptors (Lipinski definition) is 6. The van der Waals surface area contributed by atoms with Crippen LogP contribution in [-0.4, -0.2) is 46.6 Å². The van der Waals surface area contributed by atoms with Crippen molar-refractivity contribution in [1.82, 2.24) is 15.1 Å². The molecular weight excluding hydrogens is 424 g/mol. The number of benzene rings is 1. The van der Waals surface area contributed by atoms with Crippen LogP contribution in [0.1, 0.15) is 65.7 Å². The first-order valence-corrected chi connectivity index (χ1v) is 12.1. The lowest BCUT2D eigenvalue weighted by molar-refractivity contribution is -0.136. The van der Waals surface area contributed by atoms with Gasteiger partial charge in [0.2, 0.25) is 16.9 Å². The largest absolute Gasteiger partial charge is 0.497 e. The summed E-state index contributed by atoms with van der Waals surface area (Å²) in [6.07, 6.45) is 6.32. The molecule has 1 N–H and O–H groups in total. The van der Waals surface area contributed by atoms with Crippen molar-refractivity contribution in [1.29, 1.82) is 0 Å². The average Bonchev–Trinajstić information content (AvgIpc) is 3.22. The van der Waals surface area contributed by atoms with Gasteiger partial charge in [0.1, 0.15) is 10.8 Å². The third-order valence-corrected chi connectivity index (χ3v) is 6.49. The van der Waals surface area contributed by atoms with Gasteiger partial charge >= 0.3 is 0 Å². The molecule has 0 aliphatic heterocycles. The molecule has 2 amide bonds. The Morgan fingerprint density at radius 3 is 2.44 bits per heavy atom. The molecule has 1 aromatic heterocycles. The summed E-state index contributed by atoms with van der Waals surface area (Å²) in [6, 6.07) is 7.80. The van der Waals surface area contributed by atoms with Crippen LogP contribution < -0.4 is 10.1 Å². The van der Waals surface area contributed by atoms with Crippen LogP contribution in [0.3, 0.4) is 0 Å². The van der Waals surface area contributed by atoms with Crippen molar-refractivity contribution in [2.75, 3.05) is 19.0 Å². The number of hydrogen-bond donors (Lipinski definition) is 1. The maximum atomic E-state index is 13.0. The fraction of sp³-hybridized carbons (Fsp3) is 0.583. The Balaban J connectivity index is 1.58. The van der Waals surface area contributed by atoms with Crippen LogP contribution >= 0.6 is 11.3 Å². The number of ether oxygens (including phenoxy) is 1. The first kappa shape index (κ1) is 24.2. The summed E-state index contributed by atoms with van der Waals surface area (Å²) in [7, 11) is 1.62. The highest BCUT2D eigenvalue weighted by Crippen LogP contribution is 2.29. The molecule has 1 aliphatic rings. The fourth-order valence-corrected chi connectivity index (χ4v) is 4.75. The minimum absolute atomic E-state index is 0.0727. The second-order valence-corrected chi connectivity index (χ2v) is 10.5. The Kier molecular flexibility index (Phi) is 8.23. The first-order valence-electron chi connectivity index (χ1n) is 11.3. The lowest BCUT2D eigenvalue weighted by Gasteiger charge is -2.36. The molecule has 1 fully saturated rings. The highest BCUT2D eigenvalue weighted by Gasteiger charge is 2.28. The van der Waals surface area contributed by atoms with Crippen LogP contribution in [0.5, 0.6) is 5.75 Å². The Morgan fingerprint density at radius 2 is 1.81 bits per heavy atom. The number of rotatable bonds is 8. The molecule has 174 valence electrons. The summed E-state index contributed by atoms with van der Waals surface area (Å²) in [6.45, 7) is 6.67. The Bertz CT molecular complexity index is 899. The van der Waals surface area contributed by atoms with E-state index in [2.05, 4.69) is 36.3 Å². The zero-order valence-electron chi connectivity index (χ0n) is 19.5. The lowest BCUT2D eigenvalue weighted by atomic mass is 9.89. The third-order valence-electron chi connectivity index (χ3n) is 5.61. The van der Waals surface area contributed by atoms with Crippen LogP contribution in [0, 0.1) is 5.41 Å². The number of carbonyl (C=O) groups is 2. The Labute approximate surface area is 194 Å². The summed E-state index contributed by atoms with van der Waals surface area (Å²) in [5.41, 5.74) is 0.844. The van der Waals surface area contributed by atoms with Crippen LogP contribution in [-0.2, 0) is 9.59 Å². The quantitative estimate of drug-likeness (QED) is 0.592. The van der Waals surface area contributed by atoms with Crippen molar-refractivity contribution >= 4 is 28.3 Å². The van der Waals surface area contributed by atoms with E-state index in [1.165, 1.54) is 17.8 Å². The van der Waals surface area contributed by atoms with Gasteiger partial charge in [-0.3, -0.25) is 9.59 Å². The molecule has 32 heavy (non-hydrogen) atoms. The molecule has 7 nitrogen and oxygen atoms in total. The van der Waals surface area contributed by atoms with Crippen molar-refractivity contribution in [2.45, 2.75) is 71.8 Å². The summed E-state index contributed by atoms with van der Waals surface area (Å²) in [5, 5.41) is 12.3. The van der Waals surface area contributed by atoms with E-state index in [9.17, 15) is 9.59 Å². The zero-order chi connectivity index (χ0) is 23.1. The van der Waals surface area contributed by atoms with Gasteiger partial charge < -0.3 is 15.0 Å². The van der Waals surface area contributed by atoms with Crippen LogP contribution in [0.15, 0.2) is 24.3 Å². The Morgan fingerprint density at radius 1 is 1.12 bits per heavy atom. The molecule has 1 heterocycles. The number of nitrogens with one attached hydrogen (secondary N) is 1. The second kappa shape index (κ2) is 10.9. The molecule has 1 aliphatic carbocycles. The molecule has 0 saturated heterocycles. The third kappa shape index (κ3) is 7.02. The van der Waals surface area contributed by atoms with E-state index < -0.39 is 0 Å². The summed E-state index contributed by atoms with van der Waals surface area (Å²) >= 11 is 1.33. The van der Waals surface area contributed by atoms with Gasteiger partial charge in [-0.25, -0.2) is 0 Å². The van der Waals surface area contributed by atoms with Gasteiger partial charge in [-0.2, -0.15) is 0 Å². The summed E-state index contributed by atoms with van der Waals surface area (Å²) in [4.78, 5) is 27.6. The highest BCUT2D eigenvalue weighted by atomic mass is 32.1. The molecule has 0 unspecified atom stereocenters. The highest BCUT2D eigenvalue weighted by molar-refractivity contribution is 7.18. The van der Waals surface area contributed by atoms with E-state index in [4.69, 9.17) is 4.74 Å². The number of nitrogens with zero attached hydrogens (tertiary/aromatic N) is 3. The number of carbonyl (C=O) groups excluding carboxylic acids is 2. The minimum Gasteiger partial charge on any atom is -0.497 e. The predicted octanol–water partition coefficient (Wildman–Crippen LogP) is 5.14.